The van der Waals surface area contributed by atoms with Crippen LogP contribution in [0, 0.1) is 0 Å². The molecule has 0 amide bonds. The number of hydrogen-bond acceptors (Lipinski definition) is 3. The lowest BCUT2D eigenvalue weighted by atomic mass is 10.2. The van der Waals surface area contributed by atoms with Crippen molar-refractivity contribution in [1.29, 1.82) is 0 Å². The highest BCUT2D eigenvalue weighted by Crippen LogP contribution is 2.15. The van der Waals surface area contributed by atoms with Gasteiger partial charge in [-0.15, -0.1) is 0 Å². The number of aryl methyl sites for hydroxylation is 1. The van der Waals surface area contributed by atoms with Gasteiger partial charge in [0, 0.05) is 25.9 Å². The summed E-state index contributed by atoms with van der Waals surface area (Å²) < 4.78 is 27.1. The van der Waals surface area contributed by atoms with Crippen LogP contribution in [0.2, 0.25) is 0 Å². The molecule has 0 aliphatic rings. The number of pyridine rings is 1. The van der Waals surface area contributed by atoms with E-state index in [-0.39, 0.29) is 10.5 Å². The third kappa shape index (κ3) is 3.28. The van der Waals surface area contributed by atoms with Gasteiger partial charge in [0.15, 0.2) is 0 Å². The molecule has 0 aliphatic heterocycles. The van der Waals surface area contributed by atoms with E-state index in [1.807, 2.05) is 25.1 Å². The van der Waals surface area contributed by atoms with E-state index in [0.717, 1.165) is 11.1 Å². The summed E-state index contributed by atoms with van der Waals surface area (Å²) >= 11 is 0. The minimum absolute atomic E-state index is 0.0362. The van der Waals surface area contributed by atoms with Crippen molar-refractivity contribution >= 4 is 10.0 Å². The van der Waals surface area contributed by atoms with Crippen molar-refractivity contribution in [2.24, 2.45) is 0 Å². The SMILES string of the molecule is CCc1cccn(Cc2cccc(S(=O)(=O)N(C)C)c2)c1=O. The van der Waals surface area contributed by atoms with Gasteiger partial charge >= 0.3 is 0 Å². The van der Waals surface area contributed by atoms with Gasteiger partial charge in [0.1, 0.15) is 0 Å². The molecule has 0 radical (unpaired) electrons. The zero-order valence-corrected chi connectivity index (χ0v) is 13.8. The molecule has 0 fully saturated rings. The summed E-state index contributed by atoms with van der Waals surface area (Å²) in [6.07, 6.45) is 2.39. The molecule has 6 heteroatoms. The van der Waals surface area contributed by atoms with Crippen molar-refractivity contribution in [3.63, 3.8) is 0 Å². The van der Waals surface area contributed by atoms with Crippen LogP contribution in [-0.2, 0) is 23.0 Å². The highest BCUT2D eigenvalue weighted by Gasteiger charge is 2.17. The summed E-state index contributed by atoms with van der Waals surface area (Å²) in [6, 6.07) is 10.3. The third-order valence-corrected chi connectivity index (χ3v) is 5.32. The number of nitrogens with zero attached hydrogens (tertiary/aromatic N) is 2. The maximum atomic E-state index is 12.2. The van der Waals surface area contributed by atoms with Crippen molar-refractivity contribution in [2.75, 3.05) is 14.1 Å². The molecule has 1 heterocycles. The Bertz CT molecular complexity index is 823. The average Bonchev–Trinajstić information content (AvgIpc) is 2.49. The Morgan fingerprint density at radius 1 is 1.14 bits per heavy atom. The Morgan fingerprint density at radius 2 is 1.86 bits per heavy atom. The van der Waals surface area contributed by atoms with E-state index in [9.17, 15) is 13.2 Å². The minimum Gasteiger partial charge on any atom is -0.311 e. The van der Waals surface area contributed by atoms with Gasteiger partial charge in [0.05, 0.1) is 11.4 Å². The van der Waals surface area contributed by atoms with Gasteiger partial charge in [-0.2, -0.15) is 0 Å². The first-order chi connectivity index (χ1) is 10.4. The maximum Gasteiger partial charge on any atom is 0.254 e. The van der Waals surface area contributed by atoms with E-state index < -0.39 is 10.0 Å². The average molecular weight is 320 g/mol. The van der Waals surface area contributed by atoms with Crippen molar-refractivity contribution in [3.05, 3.63) is 64.1 Å². The van der Waals surface area contributed by atoms with Gasteiger partial charge in [-0.25, -0.2) is 12.7 Å². The Balaban J connectivity index is 2.39. The van der Waals surface area contributed by atoms with Crippen molar-refractivity contribution < 1.29 is 8.42 Å². The summed E-state index contributed by atoms with van der Waals surface area (Å²) in [5.74, 6) is 0. The Hall–Kier alpha value is -1.92. The van der Waals surface area contributed by atoms with Gasteiger partial charge in [0.2, 0.25) is 10.0 Å². The van der Waals surface area contributed by atoms with E-state index in [2.05, 4.69) is 0 Å². The number of aromatic nitrogens is 1. The number of rotatable bonds is 5. The van der Waals surface area contributed by atoms with Crippen LogP contribution in [0.3, 0.4) is 0 Å². The maximum absolute atomic E-state index is 12.2. The highest BCUT2D eigenvalue weighted by atomic mass is 32.2. The number of hydrogen-bond donors (Lipinski definition) is 0. The van der Waals surface area contributed by atoms with E-state index in [1.165, 1.54) is 18.4 Å². The lowest BCUT2D eigenvalue weighted by Gasteiger charge is -2.13. The summed E-state index contributed by atoms with van der Waals surface area (Å²) in [4.78, 5) is 12.5. The molecule has 2 aromatic rings. The van der Waals surface area contributed by atoms with Gasteiger partial charge in [-0.1, -0.05) is 25.1 Å². The zero-order valence-electron chi connectivity index (χ0n) is 13.0. The van der Waals surface area contributed by atoms with Gasteiger partial charge in [-0.05, 0) is 30.2 Å². The fourth-order valence-electron chi connectivity index (χ4n) is 2.19. The molecule has 22 heavy (non-hydrogen) atoms. The normalized spacial score (nSPS) is 11.8. The molecule has 0 bridgehead atoms. The second-order valence-electron chi connectivity index (χ2n) is 5.25. The molecule has 1 aromatic heterocycles. The fourth-order valence-corrected chi connectivity index (χ4v) is 3.16. The zero-order chi connectivity index (χ0) is 16.3. The van der Waals surface area contributed by atoms with E-state index in [4.69, 9.17) is 0 Å². The van der Waals surface area contributed by atoms with Crippen LogP contribution in [0.25, 0.3) is 0 Å². The quantitative estimate of drug-likeness (QED) is 0.842. The van der Waals surface area contributed by atoms with Crippen LogP contribution >= 0.6 is 0 Å². The molecule has 118 valence electrons. The highest BCUT2D eigenvalue weighted by molar-refractivity contribution is 7.89. The first-order valence-electron chi connectivity index (χ1n) is 7.06. The summed E-state index contributed by atoms with van der Waals surface area (Å²) in [5, 5.41) is 0. The van der Waals surface area contributed by atoms with Crippen LogP contribution in [0.5, 0.6) is 0 Å². The van der Waals surface area contributed by atoms with Gasteiger partial charge in [0.25, 0.3) is 5.56 Å². The predicted octanol–water partition coefficient (Wildman–Crippen LogP) is 1.71. The minimum atomic E-state index is -3.47. The lowest BCUT2D eigenvalue weighted by molar-refractivity contribution is 0.520. The topological polar surface area (TPSA) is 59.4 Å². The van der Waals surface area contributed by atoms with Crippen LogP contribution in [0.4, 0.5) is 0 Å². The Morgan fingerprint density at radius 3 is 2.50 bits per heavy atom. The predicted molar refractivity (Wildman–Crippen MR) is 86.5 cm³/mol. The van der Waals surface area contributed by atoms with Crippen molar-refractivity contribution in [1.82, 2.24) is 8.87 Å². The van der Waals surface area contributed by atoms with Crippen molar-refractivity contribution in [3.8, 4) is 0 Å². The van der Waals surface area contributed by atoms with Crippen LogP contribution in [-0.4, -0.2) is 31.4 Å². The molecule has 0 N–H and O–H groups in total. The second-order valence-corrected chi connectivity index (χ2v) is 7.41. The van der Waals surface area contributed by atoms with E-state index in [0.29, 0.717) is 13.0 Å². The van der Waals surface area contributed by atoms with Gasteiger partial charge in [-0.3, -0.25) is 4.79 Å². The first kappa shape index (κ1) is 16.5. The molecule has 0 saturated heterocycles. The van der Waals surface area contributed by atoms with Crippen molar-refractivity contribution in [2.45, 2.75) is 24.8 Å². The van der Waals surface area contributed by atoms with Crippen LogP contribution in [0.1, 0.15) is 18.1 Å². The molecule has 0 saturated carbocycles. The first-order valence-corrected chi connectivity index (χ1v) is 8.50. The molecular formula is C16H20N2O3S. The fraction of sp³-hybridized carbons (Fsp3) is 0.312. The Kier molecular flexibility index (Phi) is 4.83. The van der Waals surface area contributed by atoms with E-state index in [1.54, 1.807) is 29.0 Å². The molecule has 5 nitrogen and oxygen atoms in total. The second kappa shape index (κ2) is 6.46. The van der Waals surface area contributed by atoms with Crippen LogP contribution in [0.15, 0.2) is 52.3 Å². The Labute approximate surface area is 130 Å². The molecule has 0 unspecified atom stereocenters. The van der Waals surface area contributed by atoms with E-state index >= 15 is 0 Å². The number of benzene rings is 1. The summed E-state index contributed by atoms with van der Waals surface area (Å²) in [7, 11) is -0.474. The lowest BCUT2D eigenvalue weighted by Crippen LogP contribution is -2.24. The molecular weight excluding hydrogens is 300 g/mol. The van der Waals surface area contributed by atoms with Crippen LogP contribution < -0.4 is 5.56 Å². The summed E-state index contributed by atoms with van der Waals surface area (Å²) in [5.41, 5.74) is 1.49. The molecule has 0 atom stereocenters. The third-order valence-electron chi connectivity index (χ3n) is 3.51. The molecule has 2 rings (SSSR count). The molecule has 0 spiro atoms. The standard InChI is InChI=1S/C16H20N2O3S/c1-4-14-8-6-10-18(16(14)19)12-13-7-5-9-15(11-13)22(20,21)17(2)3/h5-11H,4,12H2,1-3H3. The largest absolute Gasteiger partial charge is 0.311 e. The summed E-state index contributed by atoms with van der Waals surface area (Å²) in [6.45, 7) is 2.29. The monoisotopic (exact) mass is 320 g/mol. The molecule has 1 aromatic carbocycles. The van der Waals surface area contributed by atoms with Gasteiger partial charge < -0.3 is 4.57 Å². The number of sulfonamides is 1. The molecule has 0 aliphatic carbocycles. The smallest absolute Gasteiger partial charge is 0.254 e.